The molecule has 2 heteroatoms. The topological polar surface area (TPSA) is 32.3 Å². The van der Waals surface area contributed by atoms with Crippen molar-refractivity contribution in [2.24, 2.45) is 5.41 Å². The van der Waals surface area contributed by atoms with Crippen LogP contribution in [0.2, 0.25) is 0 Å². The Labute approximate surface area is 97.7 Å². The van der Waals surface area contributed by atoms with E-state index in [-0.39, 0.29) is 6.10 Å². The standard InChI is InChI=1S/C14H21NO/c1-14(8-5-9-14)11-15-10-13(16)12-6-3-2-4-7-12/h2-4,6-7,13,15-16H,5,8-11H2,1H3. The van der Waals surface area contributed by atoms with Gasteiger partial charge >= 0.3 is 0 Å². The Balaban J connectivity index is 1.74. The van der Waals surface area contributed by atoms with Crippen LogP contribution in [0.15, 0.2) is 30.3 Å². The molecule has 0 amide bonds. The van der Waals surface area contributed by atoms with Gasteiger partial charge in [-0.15, -0.1) is 0 Å². The van der Waals surface area contributed by atoms with Crippen molar-refractivity contribution in [2.75, 3.05) is 13.1 Å². The predicted molar refractivity (Wildman–Crippen MR) is 66.2 cm³/mol. The van der Waals surface area contributed by atoms with E-state index >= 15 is 0 Å². The van der Waals surface area contributed by atoms with Crippen LogP contribution in [-0.4, -0.2) is 18.2 Å². The van der Waals surface area contributed by atoms with Crippen LogP contribution in [0.1, 0.15) is 37.9 Å². The van der Waals surface area contributed by atoms with E-state index in [2.05, 4.69) is 12.2 Å². The minimum Gasteiger partial charge on any atom is -0.387 e. The number of hydrogen-bond acceptors (Lipinski definition) is 2. The first-order chi connectivity index (χ1) is 7.70. The Morgan fingerprint density at radius 2 is 2.00 bits per heavy atom. The van der Waals surface area contributed by atoms with Gasteiger partial charge in [-0.1, -0.05) is 43.7 Å². The minimum absolute atomic E-state index is 0.384. The van der Waals surface area contributed by atoms with E-state index in [1.807, 2.05) is 30.3 Å². The number of rotatable bonds is 5. The highest BCUT2D eigenvalue weighted by atomic mass is 16.3. The number of hydrogen-bond donors (Lipinski definition) is 2. The van der Waals surface area contributed by atoms with Gasteiger partial charge in [-0.2, -0.15) is 0 Å². The predicted octanol–water partition coefficient (Wildman–Crippen LogP) is 2.50. The molecule has 2 nitrogen and oxygen atoms in total. The molecule has 16 heavy (non-hydrogen) atoms. The zero-order valence-electron chi connectivity index (χ0n) is 9.95. The Kier molecular flexibility index (Phi) is 3.62. The minimum atomic E-state index is -0.384. The largest absolute Gasteiger partial charge is 0.387 e. The summed E-state index contributed by atoms with van der Waals surface area (Å²) >= 11 is 0. The molecule has 0 saturated heterocycles. The Morgan fingerprint density at radius 3 is 2.56 bits per heavy atom. The van der Waals surface area contributed by atoms with Crippen molar-refractivity contribution in [1.29, 1.82) is 0 Å². The summed E-state index contributed by atoms with van der Waals surface area (Å²) in [5.41, 5.74) is 1.48. The van der Waals surface area contributed by atoms with Gasteiger partial charge in [-0.3, -0.25) is 0 Å². The summed E-state index contributed by atoms with van der Waals surface area (Å²) in [4.78, 5) is 0. The highest BCUT2D eigenvalue weighted by Crippen LogP contribution is 2.39. The Bertz CT molecular complexity index is 319. The summed E-state index contributed by atoms with van der Waals surface area (Å²) in [5.74, 6) is 0. The highest BCUT2D eigenvalue weighted by molar-refractivity contribution is 5.17. The van der Waals surface area contributed by atoms with E-state index in [1.54, 1.807) is 0 Å². The third-order valence-electron chi connectivity index (χ3n) is 3.63. The summed E-state index contributed by atoms with van der Waals surface area (Å²) in [6.07, 6.45) is 3.62. The molecule has 1 aliphatic rings. The van der Waals surface area contributed by atoms with Crippen molar-refractivity contribution < 1.29 is 5.11 Å². The van der Waals surface area contributed by atoms with Crippen LogP contribution in [0.3, 0.4) is 0 Å². The molecule has 2 N–H and O–H groups in total. The molecule has 1 saturated carbocycles. The quantitative estimate of drug-likeness (QED) is 0.797. The van der Waals surface area contributed by atoms with Crippen molar-refractivity contribution in [2.45, 2.75) is 32.3 Å². The van der Waals surface area contributed by atoms with Gasteiger partial charge < -0.3 is 10.4 Å². The molecule has 1 fully saturated rings. The van der Waals surface area contributed by atoms with Crippen molar-refractivity contribution in [3.8, 4) is 0 Å². The van der Waals surface area contributed by atoms with E-state index in [0.717, 1.165) is 12.1 Å². The molecule has 88 valence electrons. The molecule has 0 aromatic heterocycles. The van der Waals surface area contributed by atoms with Crippen LogP contribution in [0.5, 0.6) is 0 Å². The third kappa shape index (κ3) is 2.83. The first kappa shape index (κ1) is 11.6. The number of aliphatic hydroxyl groups excluding tert-OH is 1. The molecule has 1 aromatic carbocycles. The van der Waals surface area contributed by atoms with Gasteiger partial charge in [-0.05, 0) is 23.8 Å². The average Bonchev–Trinajstić information content (AvgIpc) is 2.28. The molecule has 1 aromatic rings. The summed E-state index contributed by atoms with van der Waals surface area (Å²) in [7, 11) is 0. The second-order valence-corrected chi connectivity index (χ2v) is 5.22. The van der Waals surface area contributed by atoms with E-state index in [1.165, 1.54) is 19.3 Å². The normalized spacial score (nSPS) is 20.1. The van der Waals surface area contributed by atoms with Gasteiger partial charge in [0.25, 0.3) is 0 Å². The lowest BCUT2D eigenvalue weighted by Gasteiger charge is -2.38. The molecule has 1 aliphatic carbocycles. The van der Waals surface area contributed by atoms with Gasteiger partial charge in [-0.25, -0.2) is 0 Å². The molecule has 0 heterocycles. The van der Waals surface area contributed by atoms with E-state index < -0.39 is 0 Å². The zero-order chi connectivity index (χ0) is 11.4. The molecule has 0 bridgehead atoms. The van der Waals surface area contributed by atoms with Crippen molar-refractivity contribution in [3.05, 3.63) is 35.9 Å². The van der Waals surface area contributed by atoms with Gasteiger partial charge in [0.15, 0.2) is 0 Å². The summed E-state index contributed by atoms with van der Waals surface area (Å²) < 4.78 is 0. The maximum Gasteiger partial charge on any atom is 0.0914 e. The van der Waals surface area contributed by atoms with Crippen LogP contribution in [0.25, 0.3) is 0 Å². The SMILES string of the molecule is CC1(CNCC(O)c2ccccc2)CCC1. The third-order valence-corrected chi connectivity index (χ3v) is 3.63. The fraction of sp³-hybridized carbons (Fsp3) is 0.571. The molecular formula is C14H21NO. The first-order valence-corrected chi connectivity index (χ1v) is 6.13. The number of benzene rings is 1. The second-order valence-electron chi connectivity index (χ2n) is 5.22. The van der Waals surface area contributed by atoms with Crippen LogP contribution in [0.4, 0.5) is 0 Å². The van der Waals surface area contributed by atoms with Crippen LogP contribution in [-0.2, 0) is 0 Å². The Hall–Kier alpha value is -0.860. The maximum atomic E-state index is 9.95. The molecular weight excluding hydrogens is 198 g/mol. The van der Waals surface area contributed by atoms with E-state index in [9.17, 15) is 5.11 Å². The number of nitrogens with one attached hydrogen (secondary N) is 1. The molecule has 0 aliphatic heterocycles. The van der Waals surface area contributed by atoms with Crippen LogP contribution >= 0.6 is 0 Å². The summed E-state index contributed by atoms with van der Waals surface area (Å²) in [6.45, 7) is 3.99. The van der Waals surface area contributed by atoms with Crippen LogP contribution in [0, 0.1) is 5.41 Å². The van der Waals surface area contributed by atoms with E-state index in [4.69, 9.17) is 0 Å². The molecule has 0 spiro atoms. The summed E-state index contributed by atoms with van der Waals surface area (Å²) in [6, 6.07) is 9.84. The summed E-state index contributed by atoms with van der Waals surface area (Å²) in [5, 5.41) is 13.3. The molecule has 2 rings (SSSR count). The fourth-order valence-corrected chi connectivity index (χ4v) is 2.26. The smallest absolute Gasteiger partial charge is 0.0914 e. The first-order valence-electron chi connectivity index (χ1n) is 6.13. The van der Waals surface area contributed by atoms with Crippen molar-refractivity contribution >= 4 is 0 Å². The van der Waals surface area contributed by atoms with Crippen molar-refractivity contribution in [1.82, 2.24) is 5.32 Å². The lowest BCUT2D eigenvalue weighted by atomic mass is 9.70. The van der Waals surface area contributed by atoms with Gasteiger partial charge in [0, 0.05) is 13.1 Å². The van der Waals surface area contributed by atoms with Gasteiger partial charge in [0.2, 0.25) is 0 Å². The van der Waals surface area contributed by atoms with Gasteiger partial charge in [0.05, 0.1) is 6.10 Å². The van der Waals surface area contributed by atoms with E-state index in [0.29, 0.717) is 12.0 Å². The molecule has 0 radical (unpaired) electrons. The monoisotopic (exact) mass is 219 g/mol. The maximum absolute atomic E-state index is 9.95. The van der Waals surface area contributed by atoms with Gasteiger partial charge in [0.1, 0.15) is 0 Å². The zero-order valence-corrected chi connectivity index (χ0v) is 9.95. The molecule has 1 unspecified atom stereocenters. The second kappa shape index (κ2) is 4.98. The molecule has 1 atom stereocenters. The lowest BCUT2D eigenvalue weighted by molar-refractivity contribution is 0.133. The average molecular weight is 219 g/mol. The lowest BCUT2D eigenvalue weighted by Crippen LogP contribution is -2.38. The fourth-order valence-electron chi connectivity index (χ4n) is 2.26. The number of aliphatic hydroxyl groups is 1. The highest BCUT2D eigenvalue weighted by Gasteiger charge is 2.31. The van der Waals surface area contributed by atoms with Crippen molar-refractivity contribution in [3.63, 3.8) is 0 Å². The Morgan fingerprint density at radius 1 is 1.31 bits per heavy atom. The van der Waals surface area contributed by atoms with Crippen LogP contribution < -0.4 is 5.32 Å².